The van der Waals surface area contributed by atoms with Gasteiger partial charge >= 0.3 is 0 Å². The van der Waals surface area contributed by atoms with E-state index in [9.17, 15) is 0 Å². The highest BCUT2D eigenvalue weighted by Gasteiger charge is 2.14. The molecule has 1 saturated heterocycles. The van der Waals surface area contributed by atoms with Gasteiger partial charge in [0.1, 0.15) is 5.75 Å². The van der Waals surface area contributed by atoms with Crippen molar-refractivity contribution in [2.24, 2.45) is 4.99 Å². The quantitative estimate of drug-likeness (QED) is 0.340. The Morgan fingerprint density at radius 1 is 1.00 bits per heavy atom. The molecule has 158 valence electrons. The molecule has 2 aromatic rings. The first-order valence-electron chi connectivity index (χ1n) is 9.87. The van der Waals surface area contributed by atoms with Crippen LogP contribution in [0.2, 0.25) is 0 Å². The molecule has 6 nitrogen and oxygen atoms in total. The van der Waals surface area contributed by atoms with Gasteiger partial charge in [-0.05, 0) is 24.6 Å². The number of rotatable bonds is 7. The van der Waals surface area contributed by atoms with E-state index < -0.39 is 0 Å². The molecule has 0 saturated carbocycles. The van der Waals surface area contributed by atoms with Crippen LogP contribution < -0.4 is 20.3 Å². The molecule has 0 radical (unpaired) electrons. The molecule has 1 aliphatic heterocycles. The van der Waals surface area contributed by atoms with Crippen LogP contribution in [0.25, 0.3) is 0 Å². The predicted octanol–water partition coefficient (Wildman–Crippen LogP) is 3.41. The number of nitrogens with zero attached hydrogens (tertiary/aromatic N) is 2. The standard InChI is InChI=1S/C22H30N4O2.HI/c1-3-28-21-11-7-5-9-19(21)17-25-22(23-2)24-16-18-8-4-6-10-20(18)26-12-14-27-15-13-26;/h4-11H,3,12-17H2,1-2H3,(H2,23,24,25);1H. The maximum atomic E-state index is 5.70. The molecule has 0 aliphatic carbocycles. The molecule has 0 atom stereocenters. The molecule has 0 unspecified atom stereocenters. The molecule has 2 N–H and O–H groups in total. The van der Waals surface area contributed by atoms with E-state index >= 15 is 0 Å². The maximum absolute atomic E-state index is 5.70. The number of para-hydroxylation sites is 2. The van der Waals surface area contributed by atoms with Crippen molar-refractivity contribution in [2.45, 2.75) is 20.0 Å². The van der Waals surface area contributed by atoms with E-state index in [1.54, 1.807) is 7.05 Å². The average molecular weight is 510 g/mol. The second-order valence-corrected chi connectivity index (χ2v) is 6.55. The minimum Gasteiger partial charge on any atom is -0.494 e. The normalized spacial score (nSPS) is 14.1. The fraction of sp³-hybridized carbons (Fsp3) is 0.409. The van der Waals surface area contributed by atoms with E-state index in [0.717, 1.165) is 43.6 Å². The highest BCUT2D eigenvalue weighted by atomic mass is 127. The molecule has 7 heteroatoms. The third-order valence-corrected chi connectivity index (χ3v) is 4.73. The smallest absolute Gasteiger partial charge is 0.191 e. The van der Waals surface area contributed by atoms with E-state index in [-0.39, 0.29) is 24.0 Å². The van der Waals surface area contributed by atoms with Crippen molar-refractivity contribution < 1.29 is 9.47 Å². The molecule has 0 bridgehead atoms. The first kappa shape index (κ1) is 23.3. The Balaban J connectivity index is 0.00000300. The highest BCUT2D eigenvalue weighted by Crippen LogP contribution is 2.21. The monoisotopic (exact) mass is 510 g/mol. The van der Waals surface area contributed by atoms with Crippen molar-refractivity contribution in [3.63, 3.8) is 0 Å². The number of anilines is 1. The lowest BCUT2D eigenvalue weighted by Crippen LogP contribution is -2.39. The summed E-state index contributed by atoms with van der Waals surface area (Å²) in [6.45, 7) is 7.44. The molecule has 1 heterocycles. The van der Waals surface area contributed by atoms with Gasteiger partial charge < -0.3 is 25.0 Å². The topological polar surface area (TPSA) is 58.1 Å². The Kier molecular flexibility index (Phi) is 10.1. The van der Waals surface area contributed by atoms with Crippen LogP contribution >= 0.6 is 24.0 Å². The van der Waals surface area contributed by atoms with Crippen molar-refractivity contribution in [3.8, 4) is 5.75 Å². The van der Waals surface area contributed by atoms with Crippen LogP contribution in [0.3, 0.4) is 0 Å². The zero-order valence-electron chi connectivity index (χ0n) is 17.2. The fourth-order valence-electron chi connectivity index (χ4n) is 3.30. The molecule has 3 rings (SSSR count). The molecule has 2 aromatic carbocycles. The van der Waals surface area contributed by atoms with Gasteiger partial charge in [-0.15, -0.1) is 24.0 Å². The van der Waals surface area contributed by atoms with E-state index in [1.165, 1.54) is 11.3 Å². The molecule has 0 amide bonds. The van der Waals surface area contributed by atoms with Crippen molar-refractivity contribution in [3.05, 3.63) is 59.7 Å². The second-order valence-electron chi connectivity index (χ2n) is 6.55. The Bertz CT molecular complexity index is 779. The van der Waals surface area contributed by atoms with E-state index in [1.807, 2.05) is 25.1 Å². The van der Waals surface area contributed by atoms with Gasteiger partial charge in [0, 0.05) is 44.5 Å². The number of hydrogen-bond acceptors (Lipinski definition) is 4. The number of hydrogen-bond donors (Lipinski definition) is 2. The van der Waals surface area contributed by atoms with Crippen molar-refractivity contribution in [1.29, 1.82) is 0 Å². The van der Waals surface area contributed by atoms with Gasteiger partial charge in [-0.25, -0.2) is 0 Å². The lowest BCUT2D eigenvalue weighted by molar-refractivity contribution is 0.122. The Morgan fingerprint density at radius 2 is 1.62 bits per heavy atom. The Labute approximate surface area is 190 Å². The summed E-state index contributed by atoms with van der Waals surface area (Å²) < 4.78 is 11.2. The zero-order valence-corrected chi connectivity index (χ0v) is 19.5. The van der Waals surface area contributed by atoms with Crippen LogP contribution in [0.1, 0.15) is 18.1 Å². The van der Waals surface area contributed by atoms with Gasteiger partial charge in [0.25, 0.3) is 0 Å². The van der Waals surface area contributed by atoms with Crippen LogP contribution in [0.4, 0.5) is 5.69 Å². The lowest BCUT2D eigenvalue weighted by Gasteiger charge is -2.30. The SMILES string of the molecule is CCOc1ccccc1CNC(=NC)NCc1ccccc1N1CCOCC1.I. The zero-order chi connectivity index (χ0) is 19.6. The summed E-state index contributed by atoms with van der Waals surface area (Å²) in [6.07, 6.45) is 0. The minimum absolute atomic E-state index is 0. The van der Waals surface area contributed by atoms with Gasteiger partial charge in [0.2, 0.25) is 0 Å². The Hall–Kier alpha value is -2.00. The molecule has 1 aliphatic rings. The highest BCUT2D eigenvalue weighted by molar-refractivity contribution is 14.0. The number of morpholine rings is 1. The van der Waals surface area contributed by atoms with Crippen molar-refractivity contribution in [2.75, 3.05) is 44.9 Å². The molecule has 29 heavy (non-hydrogen) atoms. The third-order valence-electron chi connectivity index (χ3n) is 4.73. The number of benzene rings is 2. The van der Waals surface area contributed by atoms with Crippen LogP contribution in [-0.2, 0) is 17.8 Å². The fourth-order valence-corrected chi connectivity index (χ4v) is 3.30. The van der Waals surface area contributed by atoms with Crippen LogP contribution in [0, 0.1) is 0 Å². The first-order valence-corrected chi connectivity index (χ1v) is 9.87. The summed E-state index contributed by atoms with van der Waals surface area (Å²) >= 11 is 0. The largest absolute Gasteiger partial charge is 0.494 e. The van der Waals surface area contributed by atoms with Crippen molar-refractivity contribution in [1.82, 2.24) is 10.6 Å². The van der Waals surface area contributed by atoms with Gasteiger partial charge in [0.15, 0.2) is 5.96 Å². The van der Waals surface area contributed by atoms with E-state index in [2.05, 4.69) is 50.9 Å². The molecule has 0 aromatic heterocycles. The summed E-state index contributed by atoms with van der Waals surface area (Å²) in [7, 11) is 1.79. The molecule has 1 fully saturated rings. The van der Waals surface area contributed by atoms with Crippen molar-refractivity contribution >= 4 is 35.6 Å². The summed E-state index contributed by atoms with van der Waals surface area (Å²) in [5, 5.41) is 6.81. The summed E-state index contributed by atoms with van der Waals surface area (Å²) in [5.74, 6) is 1.67. The third kappa shape index (κ3) is 6.78. The van der Waals surface area contributed by atoms with Crippen LogP contribution in [0.15, 0.2) is 53.5 Å². The van der Waals surface area contributed by atoms with Gasteiger partial charge in [-0.3, -0.25) is 4.99 Å². The number of nitrogens with one attached hydrogen (secondary N) is 2. The summed E-state index contributed by atoms with van der Waals surface area (Å²) in [5.41, 5.74) is 3.62. The minimum atomic E-state index is 0. The molecule has 0 spiro atoms. The lowest BCUT2D eigenvalue weighted by atomic mass is 10.1. The van der Waals surface area contributed by atoms with Gasteiger partial charge in [-0.2, -0.15) is 0 Å². The van der Waals surface area contributed by atoms with E-state index in [4.69, 9.17) is 9.47 Å². The maximum Gasteiger partial charge on any atom is 0.191 e. The first-order chi connectivity index (χ1) is 13.8. The number of ether oxygens (including phenoxy) is 2. The Morgan fingerprint density at radius 3 is 2.31 bits per heavy atom. The van der Waals surface area contributed by atoms with Gasteiger partial charge in [0.05, 0.1) is 19.8 Å². The average Bonchev–Trinajstić information content (AvgIpc) is 2.76. The number of aliphatic imine (C=N–C) groups is 1. The number of halogens is 1. The summed E-state index contributed by atoms with van der Waals surface area (Å²) in [6, 6.07) is 16.6. The second kappa shape index (κ2) is 12.5. The van der Waals surface area contributed by atoms with Gasteiger partial charge in [-0.1, -0.05) is 36.4 Å². The van der Waals surface area contributed by atoms with Crippen LogP contribution in [0.5, 0.6) is 5.75 Å². The molecular formula is C22H31IN4O2. The summed E-state index contributed by atoms with van der Waals surface area (Å²) in [4.78, 5) is 6.74. The van der Waals surface area contributed by atoms with E-state index in [0.29, 0.717) is 19.7 Å². The van der Waals surface area contributed by atoms with Crippen LogP contribution in [-0.4, -0.2) is 45.9 Å². The predicted molar refractivity (Wildman–Crippen MR) is 130 cm³/mol. The number of guanidine groups is 1. The molecular weight excluding hydrogens is 479 g/mol.